The largest absolute Gasteiger partial charge is 0.419 e. The highest BCUT2D eigenvalue weighted by Crippen LogP contribution is 2.39. The van der Waals surface area contributed by atoms with Crippen LogP contribution < -0.4 is 5.32 Å². The number of nitrogens with one attached hydrogen (secondary N) is 1. The van der Waals surface area contributed by atoms with Crippen molar-refractivity contribution in [1.29, 1.82) is 0 Å². The number of benzene rings is 1. The summed E-state index contributed by atoms with van der Waals surface area (Å²) in [6.45, 7) is 0. The van der Waals surface area contributed by atoms with Crippen LogP contribution in [-0.2, 0) is 11.0 Å². The van der Waals surface area contributed by atoms with Crippen LogP contribution in [0.3, 0.4) is 0 Å². The molecule has 17 heavy (non-hydrogen) atoms. The van der Waals surface area contributed by atoms with Crippen LogP contribution in [0.5, 0.6) is 0 Å². The Hall–Kier alpha value is -1.76. The van der Waals surface area contributed by atoms with Gasteiger partial charge >= 0.3 is 6.18 Å². The molecule has 1 aromatic rings. The van der Waals surface area contributed by atoms with Gasteiger partial charge in [-0.25, -0.2) is 0 Å². The Kier molecular flexibility index (Phi) is 3.95. The topological polar surface area (TPSA) is 61.7 Å². The molecule has 4 nitrogen and oxygen atoms in total. The third-order valence-corrected chi connectivity index (χ3v) is 2.04. The van der Waals surface area contributed by atoms with Gasteiger partial charge in [0.25, 0.3) is 5.91 Å². The molecule has 0 bridgehead atoms. The van der Waals surface area contributed by atoms with Gasteiger partial charge in [0.2, 0.25) is 0 Å². The van der Waals surface area contributed by atoms with E-state index in [9.17, 15) is 18.0 Å². The fourth-order valence-electron chi connectivity index (χ4n) is 1.13. The number of alkyl halides is 3. The predicted molar refractivity (Wildman–Crippen MR) is 55.4 cm³/mol. The van der Waals surface area contributed by atoms with Crippen molar-refractivity contribution in [2.45, 2.75) is 6.18 Å². The number of carbonyl (C=O) groups excluding carboxylic acids is 1. The molecule has 92 valence electrons. The van der Waals surface area contributed by atoms with Crippen molar-refractivity contribution in [3.63, 3.8) is 0 Å². The molecule has 0 aromatic heterocycles. The van der Waals surface area contributed by atoms with Gasteiger partial charge in [-0.15, -0.1) is 0 Å². The van der Waals surface area contributed by atoms with Gasteiger partial charge in [-0.3, -0.25) is 4.79 Å². The second-order valence-electron chi connectivity index (χ2n) is 2.89. The highest BCUT2D eigenvalue weighted by Gasteiger charge is 2.36. The lowest BCUT2D eigenvalue weighted by Gasteiger charge is -2.14. The molecule has 8 heteroatoms. The minimum absolute atomic E-state index is 0.432. The highest BCUT2D eigenvalue weighted by molar-refractivity contribution is 6.33. The molecule has 0 fully saturated rings. The Morgan fingerprint density at radius 2 is 2.12 bits per heavy atom. The summed E-state index contributed by atoms with van der Waals surface area (Å²) in [5.74, 6) is -1.000. The van der Waals surface area contributed by atoms with Gasteiger partial charge in [0.1, 0.15) is 6.21 Å². The fraction of sp³-hybridized carbons (Fsp3) is 0.111. The van der Waals surface area contributed by atoms with E-state index < -0.39 is 28.4 Å². The Bertz CT molecular complexity index is 460. The average Bonchev–Trinajstić information content (AvgIpc) is 2.15. The molecule has 0 radical (unpaired) electrons. The van der Waals surface area contributed by atoms with Crippen LogP contribution in [0.4, 0.5) is 18.9 Å². The first-order chi connectivity index (χ1) is 7.86. The molecule has 1 amide bonds. The van der Waals surface area contributed by atoms with E-state index in [0.29, 0.717) is 6.21 Å². The number of rotatable bonds is 2. The zero-order valence-corrected chi connectivity index (χ0v) is 8.88. The molecule has 0 heterocycles. The average molecular weight is 267 g/mol. The van der Waals surface area contributed by atoms with Gasteiger partial charge < -0.3 is 10.5 Å². The molecular weight excluding hydrogens is 261 g/mol. The molecule has 2 N–H and O–H groups in total. The van der Waals surface area contributed by atoms with Crippen LogP contribution in [0.1, 0.15) is 5.56 Å². The minimum Gasteiger partial charge on any atom is -0.411 e. The Morgan fingerprint density at radius 3 is 2.65 bits per heavy atom. The summed E-state index contributed by atoms with van der Waals surface area (Å²) in [4.78, 5) is 11.0. The number of amides is 1. The molecule has 1 aromatic carbocycles. The predicted octanol–water partition coefficient (Wildman–Crippen LogP) is 2.76. The van der Waals surface area contributed by atoms with Gasteiger partial charge in [0, 0.05) is 0 Å². The minimum atomic E-state index is -4.70. The van der Waals surface area contributed by atoms with Crippen molar-refractivity contribution in [3.05, 3.63) is 28.8 Å². The van der Waals surface area contributed by atoms with E-state index in [-0.39, 0.29) is 0 Å². The summed E-state index contributed by atoms with van der Waals surface area (Å²) in [5, 5.41) is 11.8. The fourth-order valence-corrected chi connectivity index (χ4v) is 1.42. The van der Waals surface area contributed by atoms with E-state index >= 15 is 0 Å². The van der Waals surface area contributed by atoms with Crippen LogP contribution in [0.25, 0.3) is 0 Å². The zero-order chi connectivity index (χ0) is 13.1. The monoisotopic (exact) mass is 266 g/mol. The number of hydrogen-bond donors (Lipinski definition) is 2. The van der Waals surface area contributed by atoms with Gasteiger partial charge in [0.15, 0.2) is 0 Å². The summed E-state index contributed by atoms with van der Waals surface area (Å²) in [5.41, 5.74) is -1.66. The summed E-state index contributed by atoms with van der Waals surface area (Å²) in [6.07, 6.45) is -4.27. The van der Waals surface area contributed by atoms with Crippen molar-refractivity contribution in [2.75, 3.05) is 5.32 Å². The van der Waals surface area contributed by atoms with Crippen LogP contribution >= 0.6 is 11.6 Å². The third kappa shape index (κ3) is 3.35. The second kappa shape index (κ2) is 5.05. The molecule has 0 atom stereocenters. The number of anilines is 1. The maximum atomic E-state index is 12.6. The molecular formula is C9H6ClF3N2O2. The summed E-state index contributed by atoms with van der Waals surface area (Å²) in [6, 6.07) is 3.35. The number of oxime groups is 1. The van der Waals surface area contributed by atoms with E-state index in [0.717, 1.165) is 12.1 Å². The van der Waals surface area contributed by atoms with Crippen molar-refractivity contribution in [1.82, 2.24) is 0 Å². The van der Waals surface area contributed by atoms with E-state index in [2.05, 4.69) is 5.16 Å². The maximum Gasteiger partial charge on any atom is 0.419 e. The smallest absolute Gasteiger partial charge is 0.411 e. The Morgan fingerprint density at radius 1 is 1.47 bits per heavy atom. The summed E-state index contributed by atoms with van der Waals surface area (Å²) >= 11 is 5.42. The van der Waals surface area contributed by atoms with Gasteiger partial charge in [0.05, 0.1) is 16.3 Å². The Balaban J connectivity index is 3.16. The number of halogens is 4. The van der Waals surface area contributed by atoms with Gasteiger partial charge in [-0.05, 0) is 12.1 Å². The molecule has 1 rings (SSSR count). The van der Waals surface area contributed by atoms with Crippen molar-refractivity contribution in [3.8, 4) is 0 Å². The van der Waals surface area contributed by atoms with Crippen molar-refractivity contribution in [2.24, 2.45) is 5.16 Å². The van der Waals surface area contributed by atoms with Crippen LogP contribution in [-0.4, -0.2) is 17.3 Å². The quantitative estimate of drug-likeness (QED) is 0.491. The first kappa shape index (κ1) is 13.3. The van der Waals surface area contributed by atoms with Gasteiger partial charge in [-0.2, -0.15) is 13.2 Å². The van der Waals surface area contributed by atoms with E-state index in [1.165, 1.54) is 6.07 Å². The lowest BCUT2D eigenvalue weighted by atomic mass is 10.1. The molecule has 0 saturated carbocycles. The second-order valence-corrected chi connectivity index (χ2v) is 3.30. The molecule has 0 unspecified atom stereocenters. The third-order valence-electron chi connectivity index (χ3n) is 1.73. The first-order valence-corrected chi connectivity index (χ1v) is 4.58. The van der Waals surface area contributed by atoms with E-state index in [1.54, 1.807) is 0 Å². The standard InChI is InChI=1S/C9H6ClF3N2O2/c10-5-2-1-3-6(8(5)9(11,12)13)15-7(16)4-14-17/h1-4,17H,(H,15,16). The normalized spacial score (nSPS) is 11.8. The number of hydrogen-bond acceptors (Lipinski definition) is 3. The van der Waals surface area contributed by atoms with Crippen LogP contribution in [0, 0.1) is 0 Å². The van der Waals surface area contributed by atoms with E-state index in [1.807, 2.05) is 5.32 Å². The number of nitrogens with zero attached hydrogens (tertiary/aromatic N) is 1. The zero-order valence-electron chi connectivity index (χ0n) is 8.12. The Labute approximate surface area is 98.7 Å². The first-order valence-electron chi connectivity index (χ1n) is 4.20. The van der Waals surface area contributed by atoms with Crippen molar-refractivity contribution < 1.29 is 23.2 Å². The highest BCUT2D eigenvalue weighted by atomic mass is 35.5. The molecule has 0 aliphatic carbocycles. The van der Waals surface area contributed by atoms with Crippen LogP contribution in [0.2, 0.25) is 5.02 Å². The number of carbonyl (C=O) groups is 1. The lowest BCUT2D eigenvalue weighted by molar-refractivity contribution is -0.136. The molecule has 0 spiro atoms. The van der Waals surface area contributed by atoms with Crippen molar-refractivity contribution >= 4 is 29.4 Å². The summed E-state index contributed by atoms with van der Waals surface area (Å²) < 4.78 is 37.9. The lowest BCUT2D eigenvalue weighted by Crippen LogP contribution is -2.17. The SMILES string of the molecule is O=C(C=NO)Nc1cccc(Cl)c1C(F)(F)F. The maximum absolute atomic E-state index is 12.6. The van der Waals surface area contributed by atoms with Crippen LogP contribution in [0.15, 0.2) is 23.4 Å². The van der Waals surface area contributed by atoms with Gasteiger partial charge in [-0.1, -0.05) is 22.8 Å². The van der Waals surface area contributed by atoms with E-state index in [4.69, 9.17) is 16.8 Å². The molecule has 0 aliphatic heterocycles. The summed E-state index contributed by atoms with van der Waals surface area (Å²) in [7, 11) is 0. The molecule has 0 saturated heterocycles. The molecule has 0 aliphatic rings.